The summed E-state index contributed by atoms with van der Waals surface area (Å²) in [6, 6.07) is 0. The van der Waals surface area contributed by atoms with Gasteiger partial charge in [-0.1, -0.05) is 97.8 Å². The van der Waals surface area contributed by atoms with Crippen molar-refractivity contribution in [1.29, 1.82) is 0 Å². The molecule has 0 aromatic heterocycles. The van der Waals surface area contributed by atoms with Crippen LogP contribution >= 0.6 is 7.49 Å². The third-order valence-corrected chi connectivity index (χ3v) is 10.1. The highest BCUT2D eigenvalue weighted by molar-refractivity contribution is 7.71. The fourth-order valence-electron chi connectivity index (χ4n) is 4.29. The van der Waals surface area contributed by atoms with E-state index in [0.717, 1.165) is 0 Å². The summed E-state index contributed by atoms with van der Waals surface area (Å²) >= 11 is 0. The van der Waals surface area contributed by atoms with Gasteiger partial charge < -0.3 is 4.52 Å². The molecule has 0 spiro atoms. The van der Waals surface area contributed by atoms with E-state index in [0.29, 0.717) is 0 Å². The summed E-state index contributed by atoms with van der Waals surface area (Å²) in [4.78, 5) is 12.0. The smallest absolute Gasteiger partial charge is 0.314 e. The van der Waals surface area contributed by atoms with Crippen LogP contribution in [0.15, 0.2) is 0 Å². The van der Waals surface area contributed by atoms with Gasteiger partial charge in [0.25, 0.3) is 0 Å². The second-order valence-electron chi connectivity index (χ2n) is 9.12. The molecule has 2 nitrogen and oxygen atoms in total. The third kappa shape index (κ3) is 18.4. The molecule has 174 valence electrons. The zero-order valence-electron chi connectivity index (χ0n) is 20.6. The zero-order valence-corrected chi connectivity index (χ0v) is 21.5. The summed E-state index contributed by atoms with van der Waals surface area (Å²) in [5.41, 5.74) is 0. The molecule has 0 N–H and O–H groups in total. The molecule has 0 rings (SSSR count). The lowest BCUT2D eigenvalue weighted by Crippen LogP contribution is -2.15. The molecule has 0 amide bonds. The zero-order chi connectivity index (χ0) is 21.6. The molecule has 0 aliphatic rings. The molecule has 0 unspecified atom stereocenters. The molecule has 0 radical (unpaired) electrons. The predicted octanol–water partition coefficient (Wildman–Crippen LogP) is 9.56. The molecule has 0 aromatic rings. The first-order chi connectivity index (χ1) is 14.1. The van der Waals surface area contributed by atoms with E-state index in [4.69, 9.17) is 4.52 Å². The first kappa shape index (κ1) is 28.9. The lowest BCUT2D eigenvalue weighted by Gasteiger charge is -2.25. The van der Waals surface area contributed by atoms with E-state index in [-0.39, 0.29) is 5.97 Å². The molecule has 0 aliphatic heterocycles. The Morgan fingerprint density at radius 2 is 0.793 bits per heavy atom. The number of hydrogen-bond acceptors (Lipinski definition) is 2. The van der Waals surface area contributed by atoms with E-state index in [2.05, 4.69) is 20.8 Å². The molecule has 0 bridgehead atoms. The molecule has 3 heteroatoms. The predicted molar refractivity (Wildman–Crippen MR) is 133 cm³/mol. The quantitative estimate of drug-likeness (QED) is 0.126. The van der Waals surface area contributed by atoms with Crippen LogP contribution in [0.3, 0.4) is 0 Å². The topological polar surface area (TPSA) is 26.3 Å². The van der Waals surface area contributed by atoms with Crippen LogP contribution in [0.4, 0.5) is 0 Å². The van der Waals surface area contributed by atoms with Crippen molar-refractivity contribution in [2.45, 2.75) is 143 Å². The van der Waals surface area contributed by atoms with Crippen LogP contribution in [0.1, 0.15) is 143 Å². The van der Waals surface area contributed by atoms with Crippen LogP contribution in [0.5, 0.6) is 0 Å². The summed E-state index contributed by atoms with van der Waals surface area (Å²) in [6.07, 6.45) is 27.4. The Balaban J connectivity index is 4.59. The fraction of sp³-hybridized carbons (Fsp3) is 0.962. The second-order valence-corrected chi connectivity index (χ2v) is 12.8. The van der Waals surface area contributed by atoms with Crippen molar-refractivity contribution in [3.8, 4) is 0 Å². The first-order valence-electron chi connectivity index (χ1n) is 13.2. The SMILES string of the molecule is CCCCCCCC[P+](CCCCCCCC)(CCCCCCCC)OC(C)=O. The van der Waals surface area contributed by atoms with Crippen LogP contribution < -0.4 is 0 Å². The average molecular weight is 430 g/mol. The van der Waals surface area contributed by atoms with E-state index in [1.807, 2.05) is 0 Å². The van der Waals surface area contributed by atoms with E-state index >= 15 is 0 Å². The third-order valence-electron chi connectivity index (χ3n) is 6.08. The average Bonchev–Trinajstić information content (AvgIpc) is 2.69. The highest BCUT2D eigenvalue weighted by Crippen LogP contribution is 2.62. The van der Waals surface area contributed by atoms with Crippen molar-refractivity contribution >= 4 is 13.5 Å². The summed E-state index contributed by atoms with van der Waals surface area (Å²) in [5.74, 6) is -0.0266. The molecule has 0 saturated carbocycles. The van der Waals surface area contributed by atoms with Crippen molar-refractivity contribution in [3.05, 3.63) is 0 Å². The largest absolute Gasteiger partial charge is 0.346 e. The van der Waals surface area contributed by atoms with E-state index in [9.17, 15) is 4.79 Å². The Labute approximate surface area is 184 Å². The van der Waals surface area contributed by atoms with Crippen molar-refractivity contribution < 1.29 is 9.32 Å². The Morgan fingerprint density at radius 3 is 1.07 bits per heavy atom. The second kappa shape index (κ2) is 21.1. The Hall–Kier alpha value is -0.100. The normalized spacial score (nSPS) is 11.7. The molecule has 0 fully saturated rings. The van der Waals surface area contributed by atoms with Crippen LogP contribution in [-0.2, 0) is 9.32 Å². The maximum Gasteiger partial charge on any atom is 0.346 e. The molecule has 0 aliphatic carbocycles. The van der Waals surface area contributed by atoms with Gasteiger partial charge in [-0.25, -0.2) is 4.79 Å². The van der Waals surface area contributed by atoms with Crippen LogP contribution in [0, 0.1) is 0 Å². The van der Waals surface area contributed by atoms with Gasteiger partial charge in [-0.15, -0.1) is 0 Å². The lowest BCUT2D eigenvalue weighted by atomic mass is 10.1. The summed E-state index contributed by atoms with van der Waals surface area (Å²) in [7, 11) is -1.57. The minimum absolute atomic E-state index is 0.0266. The Bertz CT molecular complexity index is 316. The van der Waals surface area contributed by atoms with Gasteiger partial charge in [0, 0.05) is 6.92 Å². The Morgan fingerprint density at radius 1 is 0.517 bits per heavy atom. The Kier molecular flexibility index (Phi) is 21.1. The van der Waals surface area contributed by atoms with Crippen LogP contribution in [0.25, 0.3) is 0 Å². The van der Waals surface area contributed by atoms with Crippen molar-refractivity contribution in [3.63, 3.8) is 0 Å². The van der Waals surface area contributed by atoms with Gasteiger partial charge in [-0.2, -0.15) is 0 Å². The van der Waals surface area contributed by atoms with Gasteiger partial charge in [-0.3, -0.25) is 0 Å². The summed E-state index contributed by atoms with van der Waals surface area (Å²) in [5, 5.41) is 0. The first-order valence-corrected chi connectivity index (χ1v) is 15.4. The lowest BCUT2D eigenvalue weighted by molar-refractivity contribution is -0.131. The van der Waals surface area contributed by atoms with E-state index in [1.165, 1.54) is 134 Å². The monoisotopic (exact) mass is 429 g/mol. The number of unbranched alkanes of at least 4 members (excludes halogenated alkanes) is 15. The number of rotatable bonds is 22. The fourth-order valence-corrected chi connectivity index (χ4v) is 8.18. The molecule has 0 atom stereocenters. The van der Waals surface area contributed by atoms with Gasteiger partial charge in [0.15, 0.2) is 7.49 Å². The molecular formula is C26H54O2P+. The molecule has 0 heterocycles. The highest BCUT2D eigenvalue weighted by Gasteiger charge is 2.40. The van der Waals surface area contributed by atoms with Gasteiger partial charge in [-0.05, 0) is 38.5 Å². The highest BCUT2D eigenvalue weighted by atomic mass is 31.2. The summed E-state index contributed by atoms with van der Waals surface area (Å²) < 4.78 is 6.19. The minimum Gasteiger partial charge on any atom is -0.314 e. The molecule has 29 heavy (non-hydrogen) atoms. The van der Waals surface area contributed by atoms with E-state index < -0.39 is 7.49 Å². The number of hydrogen-bond donors (Lipinski definition) is 0. The molecular weight excluding hydrogens is 375 g/mol. The minimum atomic E-state index is -1.57. The van der Waals surface area contributed by atoms with Gasteiger partial charge in [0.05, 0.1) is 18.5 Å². The molecule has 0 aromatic carbocycles. The van der Waals surface area contributed by atoms with Gasteiger partial charge in [0.1, 0.15) is 0 Å². The molecule has 0 saturated heterocycles. The van der Waals surface area contributed by atoms with Crippen molar-refractivity contribution in [2.75, 3.05) is 18.5 Å². The van der Waals surface area contributed by atoms with Gasteiger partial charge in [0.2, 0.25) is 0 Å². The standard InChI is InChI=1S/C26H54O2P/c1-5-8-11-14-17-20-23-29(28-26(4)27,24-21-18-15-12-9-6-2)25-22-19-16-13-10-7-3/h5-25H2,1-4H3/q+1. The number of carbonyl (C=O) groups excluding carboxylic acids is 1. The van der Waals surface area contributed by atoms with Gasteiger partial charge >= 0.3 is 5.97 Å². The van der Waals surface area contributed by atoms with Crippen LogP contribution in [-0.4, -0.2) is 24.5 Å². The number of carbonyl (C=O) groups is 1. The van der Waals surface area contributed by atoms with Crippen LogP contribution in [0.2, 0.25) is 0 Å². The maximum absolute atomic E-state index is 12.0. The summed E-state index contributed by atoms with van der Waals surface area (Å²) in [6.45, 7) is 8.47. The maximum atomic E-state index is 12.0. The van der Waals surface area contributed by atoms with Crippen molar-refractivity contribution in [2.24, 2.45) is 0 Å². The van der Waals surface area contributed by atoms with Crippen molar-refractivity contribution in [1.82, 2.24) is 0 Å². The van der Waals surface area contributed by atoms with E-state index in [1.54, 1.807) is 6.92 Å².